The quantitative estimate of drug-likeness (QED) is 0.169. The van der Waals surface area contributed by atoms with Gasteiger partial charge in [0.05, 0.1) is 22.1 Å². The number of para-hydroxylation sites is 2. The molecule has 11 aromatic rings. The Bertz CT molecular complexity index is 3490. The molecule has 1 aromatic heterocycles. The first-order valence-corrected chi connectivity index (χ1v) is 21.2. The third-order valence-electron chi connectivity index (χ3n) is 13.4. The third kappa shape index (κ3) is 4.73. The number of hydrogen-bond donors (Lipinski definition) is 0. The van der Waals surface area contributed by atoms with Crippen LogP contribution in [0.15, 0.2) is 231 Å². The van der Waals surface area contributed by atoms with Crippen LogP contribution in [0.2, 0.25) is 0 Å². The summed E-state index contributed by atoms with van der Waals surface area (Å²) in [7, 11) is 0. The lowest BCUT2D eigenvalue weighted by Gasteiger charge is -2.30. The molecule has 2 aliphatic rings. The highest BCUT2D eigenvalue weighted by atomic mass is 15.1. The van der Waals surface area contributed by atoms with Gasteiger partial charge in [0.1, 0.15) is 0 Å². The summed E-state index contributed by atoms with van der Waals surface area (Å²) >= 11 is 0. The molecule has 0 amide bonds. The molecule has 0 saturated heterocycles. The van der Waals surface area contributed by atoms with E-state index < -0.39 is 0 Å². The van der Waals surface area contributed by atoms with E-state index in [1.54, 1.807) is 0 Å². The number of hydrogen-bond acceptors (Lipinski definition) is 1. The molecule has 0 saturated carbocycles. The molecule has 284 valence electrons. The Morgan fingerprint density at radius 3 is 1.66 bits per heavy atom. The van der Waals surface area contributed by atoms with E-state index in [4.69, 9.17) is 0 Å². The zero-order valence-corrected chi connectivity index (χ0v) is 33.3. The maximum Gasteiger partial charge on any atom is 0.0725 e. The van der Waals surface area contributed by atoms with Crippen molar-refractivity contribution in [3.8, 4) is 39.1 Å². The molecule has 1 heterocycles. The Morgan fingerprint density at radius 1 is 0.344 bits per heavy atom. The lowest BCUT2D eigenvalue weighted by atomic mass is 9.70. The number of nitrogens with zero attached hydrogens (tertiary/aromatic N) is 2. The molecule has 13 rings (SSSR count). The van der Waals surface area contributed by atoms with Crippen molar-refractivity contribution in [2.24, 2.45) is 0 Å². The van der Waals surface area contributed by atoms with E-state index in [1.807, 2.05) is 0 Å². The van der Waals surface area contributed by atoms with Crippen molar-refractivity contribution in [1.29, 1.82) is 0 Å². The minimum absolute atomic E-state index is 0.373. The van der Waals surface area contributed by atoms with Crippen LogP contribution in [0.1, 0.15) is 22.3 Å². The van der Waals surface area contributed by atoms with E-state index in [-0.39, 0.29) is 5.41 Å². The fraction of sp³-hybridized carbons (Fsp3) is 0.0169. The van der Waals surface area contributed by atoms with Crippen LogP contribution in [0.25, 0.3) is 71.6 Å². The Balaban J connectivity index is 0.998. The first-order chi connectivity index (χ1) is 30.3. The monoisotopic (exact) mass is 774 g/mol. The smallest absolute Gasteiger partial charge is 0.0725 e. The summed E-state index contributed by atoms with van der Waals surface area (Å²) in [6.07, 6.45) is 0. The molecule has 0 atom stereocenters. The molecule has 0 radical (unpaired) electrons. The van der Waals surface area contributed by atoms with Crippen molar-refractivity contribution in [2.45, 2.75) is 5.41 Å². The van der Waals surface area contributed by atoms with Crippen molar-refractivity contribution in [1.82, 2.24) is 4.57 Å². The zero-order valence-electron chi connectivity index (χ0n) is 33.3. The molecule has 10 aromatic carbocycles. The molecular weight excluding hydrogens is 737 g/mol. The number of fused-ring (bicyclic) bond motifs is 14. The summed E-state index contributed by atoms with van der Waals surface area (Å²) < 4.78 is 2.38. The van der Waals surface area contributed by atoms with Gasteiger partial charge in [-0.05, 0) is 116 Å². The zero-order chi connectivity index (χ0) is 40.1. The van der Waals surface area contributed by atoms with Crippen LogP contribution in [-0.2, 0) is 5.41 Å². The highest BCUT2D eigenvalue weighted by Gasteiger charge is 2.51. The van der Waals surface area contributed by atoms with Gasteiger partial charge in [0.15, 0.2) is 0 Å². The summed E-state index contributed by atoms with van der Waals surface area (Å²) in [5.74, 6) is 0. The molecule has 0 fully saturated rings. The predicted octanol–water partition coefficient (Wildman–Crippen LogP) is 15.4. The minimum atomic E-state index is -0.373. The van der Waals surface area contributed by atoms with Crippen LogP contribution < -0.4 is 4.90 Å². The molecule has 0 unspecified atom stereocenters. The number of aromatic nitrogens is 1. The maximum atomic E-state index is 2.44. The highest BCUT2D eigenvalue weighted by molar-refractivity contribution is 6.11. The SMILES string of the molecule is c1ccc(-n2c3ccccc3c3cc(N(c4ccc(-c5cccc6c5-c5ccccc5C65c6ccccc6-c6ccccc65)cc4)c4cccc5ccccc45)ccc32)cc1. The first-order valence-electron chi connectivity index (χ1n) is 21.2. The Hall–Kier alpha value is -7.94. The van der Waals surface area contributed by atoms with Crippen LogP contribution in [0.5, 0.6) is 0 Å². The maximum absolute atomic E-state index is 2.44. The van der Waals surface area contributed by atoms with Gasteiger partial charge in [-0.2, -0.15) is 0 Å². The van der Waals surface area contributed by atoms with E-state index in [2.05, 4.69) is 240 Å². The molecule has 0 aliphatic heterocycles. The lowest BCUT2D eigenvalue weighted by molar-refractivity contribution is 0.794. The van der Waals surface area contributed by atoms with E-state index in [9.17, 15) is 0 Å². The van der Waals surface area contributed by atoms with Crippen molar-refractivity contribution in [2.75, 3.05) is 4.90 Å². The molecule has 2 heteroatoms. The van der Waals surface area contributed by atoms with Gasteiger partial charge in [-0.15, -0.1) is 0 Å². The standard InChI is InChI=1S/C59H38N2/c1-2-18-41(19-3-1)61-56-30-13-9-23-48(56)50-38-43(36-37-57(50)61)60(55-31-14-17-39-16-4-5-20-44(39)55)42-34-32-40(33-35-42)45-25-15-29-54-58(45)49-24-8-12-28-53(49)59(54)51-26-10-6-21-46(51)47-22-7-11-27-52(47)59/h1-38H. The van der Waals surface area contributed by atoms with Crippen LogP contribution in [0.3, 0.4) is 0 Å². The topological polar surface area (TPSA) is 8.17 Å². The van der Waals surface area contributed by atoms with E-state index in [1.165, 1.54) is 88.2 Å². The van der Waals surface area contributed by atoms with Crippen molar-refractivity contribution in [3.05, 3.63) is 253 Å². The fourth-order valence-electron chi connectivity index (χ4n) is 11.0. The van der Waals surface area contributed by atoms with E-state index in [0.717, 1.165) is 22.7 Å². The second-order valence-electron chi connectivity index (χ2n) is 16.4. The summed E-state index contributed by atoms with van der Waals surface area (Å²) in [5, 5.41) is 4.88. The van der Waals surface area contributed by atoms with Gasteiger partial charge < -0.3 is 9.47 Å². The molecule has 1 spiro atoms. The summed E-state index contributed by atoms with van der Waals surface area (Å²) in [5.41, 5.74) is 19.7. The van der Waals surface area contributed by atoms with Gasteiger partial charge in [-0.25, -0.2) is 0 Å². The van der Waals surface area contributed by atoms with E-state index in [0.29, 0.717) is 0 Å². The van der Waals surface area contributed by atoms with Crippen LogP contribution >= 0.6 is 0 Å². The summed E-state index contributed by atoms with van der Waals surface area (Å²) in [4.78, 5) is 2.44. The first kappa shape index (κ1) is 34.0. The van der Waals surface area contributed by atoms with Crippen LogP contribution in [0.4, 0.5) is 17.1 Å². The average Bonchev–Trinajstić information content (AvgIpc) is 3.94. The normalized spacial score (nSPS) is 13.0. The van der Waals surface area contributed by atoms with Gasteiger partial charge in [0, 0.05) is 33.2 Å². The largest absolute Gasteiger partial charge is 0.310 e. The van der Waals surface area contributed by atoms with Gasteiger partial charge >= 0.3 is 0 Å². The Kier molecular flexibility index (Phi) is 7.26. The van der Waals surface area contributed by atoms with Gasteiger partial charge in [0.25, 0.3) is 0 Å². The predicted molar refractivity (Wildman–Crippen MR) is 255 cm³/mol. The second kappa shape index (κ2) is 13.0. The minimum Gasteiger partial charge on any atom is -0.310 e. The number of rotatable bonds is 5. The lowest BCUT2D eigenvalue weighted by Crippen LogP contribution is -2.25. The molecular formula is C59H38N2. The van der Waals surface area contributed by atoms with E-state index >= 15 is 0 Å². The number of anilines is 3. The third-order valence-corrected chi connectivity index (χ3v) is 13.4. The summed E-state index contributed by atoms with van der Waals surface area (Å²) in [6, 6.07) is 85.2. The number of benzene rings is 10. The molecule has 2 nitrogen and oxygen atoms in total. The van der Waals surface area contributed by atoms with Crippen LogP contribution in [0, 0.1) is 0 Å². The molecule has 0 N–H and O–H groups in total. The van der Waals surface area contributed by atoms with Crippen molar-refractivity contribution in [3.63, 3.8) is 0 Å². The van der Waals surface area contributed by atoms with Gasteiger partial charge in [-0.1, -0.05) is 176 Å². The van der Waals surface area contributed by atoms with Crippen molar-refractivity contribution >= 4 is 49.6 Å². The fourth-order valence-corrected chi connectivity index (χ4v) is 11.0. The van der Waals surface area contributed by atoms with Crippen molar-refractivity contribution < 1.29 is 0 Å². The van der Waals surface area contributed by atoms with Crippen LogP contribution in [-0.4, -0.2) is 4.57 Å². The van der Waals surface area contributed by atoms with Gasteiger partial charge in [0.2, 0.25) is 0 Å². The Labute approximate surface area is 354 Å². The summed E-state index contributed by atoms with van der Waals surface area (Å²) in [6.45, 7) is 0. The molecule has 0 bridgehead atoms. The Morgan fingerprint density at radius 2 is 0.885 bits per heavy atom. The average molecular weight is 775 g/mol. The second-order valence-corrected chi connectivity index (χ2v) is 16.4. The van der Waals surface area contributed by atoms with Gasteiger partial charge in [-0.3, -0.25) is 0 Å². The molecule has 2 aliphatic carbocycles. The highest BCUT2D eigenvalue weighted by Crippen LogP contribution is 2.64. The molecule has 61 heavy (non-hydrogen) atoms.